The van der Waals surface area contributed by atoms with Crippen molar-refractivity contribution in [1.82, 2.24) is 20.2 Å². The normalized spacial score (nSPS) is 14.8. The van der Waals surface area contributed by atoms with E-state index in [1.165, 1.54) is 12.8 Å². The van der Waals surface area contributed by atoms with Crippen molar-refractivity contribution >= 4 is 5.69 Å². The second-order valence-electron chi connectivity index (χ2n) is 5.16. The standard InChI is InChI=1S/C13H16FN5/c1-8-6-10(15)7-11(12(8)14)13-16-17-18-19(13)5-4-9-2-3-9/h6-7,9H,2-5,15H2,1H3. The van der Waals surface area contributed by atoms with Crippen molar-refractivity contribution in [2.24, 2.45) is 5.92 Å². The van der Waals surface area contributed by atoms with Crippen LogP contribution in [0.4, 0.5) is 10.1 Å². The molecule has 0 bridgehead atoms. The molecule has 0 aliphatic heterocycles. The van der Waals surface area contributed by atoms with Gasteiger partial charge in [0.2, 0.25) is 0 Å². The number of aromatic nitrogens is 4. The fourth-order valence-electron chi connectivity index (χ4n) is 2.22. The molecule has 1 aromatic carbocycles. The number of nitrogens with zero attached hydrogens (tertiary/aromatic N) is 4. The van der Waals surface area contributed by atoms with E-state index in [1.807, 2.05) is 0 Å². The van der Waals surface area contributed by atoms with Crippen LogP contribution in [0.25, 0.3) is 11.4 Å². The summed E-state index contributed by atoms with van der Waals surface area (Å²) in [6, 6.07) is 3.19. The highest BCUT2D eigenvalue weighted by atomic mass is 19.1. The van der Waals surface area contributed by atoms with Crippen LogP contribution < -0.4 is 5.73 Å². The van der Waals surface area contributed by atoms with Crippen molar-refractivity contribution in [2.45, 2.75) is 32.7 Å². The molecule has 0 amide bonds. The first kappa shape index (κ1) is 12.1. The van der Waals surface area contributed by atoms with Gasteiger partial charge in [0.1, 0.15) is 5.82 Å². The highest BCUT2D eigenvalue weighted by molar-refractivity contribution is 5.63. The molecule has 1 saturated carbocycles. The van der Waals surface area contributed by atoms with E-state index in [1.54, 1.807) is 23.7 Å². The predicted octanol–water partition coefficient (Wildman–Crippen LogP) is 2.17. The lowest BCUT2D eigenvalue weighted by Crippen LogP contribution is -2.05. The Morgan fingerprint density at radius 1 is 1.42 bits per heavy atom. The Kier molecular flexibility index (Phi) is 2.93. The van der Waals surface area contributed by atoms with Gasteiger partial charge in [-0.3, -0.25) is 0 Å². The molecular weight excluding hydrogens is 245 g/mol. The van der Waals surface area contributed by atoms with Crippen molar-refractivity contribution in [2.75, 3.05) is 5.73 Å². The minimum atomic E-state index is -0.309. The first-order chi connectivity index (χ1) is 9.15. The second-order valence-corrected chi connectivity index (χ2v) is 5.16. The van der Waals surface area contributed by atoms with Gasteiger partial charge in [0.25, 0.3) is 0 Å². The highest BCUT2D eigenvalue weighted by Gasteiger charge is 2.22. The lowest BCUT2D eigenvalue weighted by atomic mass is 10.1. The third-order valence-corrected chi connectivity index (χ3v) is 3.50. The van der Waals surface area contributed by atoms with Crippen LogP contribution in [0.15, 0.2) is 12.1 Å². The molecule has 0 spiro atoms. The van der Waals surface area contributed by atoms with Crippen LogP contribution in [0.3, 0.4) is 0 Å². The van der Waals surface area contributed by atoms with Crippen molar-refractivity contribution < 1.29 is 4.39 Å². The number of benzene rings is 1. The van der Waals surface area contributed by atoms with Crippen molar-refractivity contribution in [3.63, 3.8) is 0 Å². The molecule has 19 heavy (non-hydrogen) atoms. The zero-order valence-corrected chi connectivity index (χ0v) is 10.8. The summed E-state index contributed by atoms with van der Waals surface area (Å²) >= 11 is 0. The van der Waals surface area contributed by atoms with Gasteiger partial charge in [0.05, 0.1) is 5.56 Å². The van der Waals surface area contributed by atoms with Crippen molar-refractivity contribution in [1.29, 1.82) is 0 Å². The molecule has 6 heteroatoms. The molecule has 2 aromatic rings. The molecule has 100 valence electrons. The van der Waals surface area contributed by atoms with E-state index in [9.17, 15) is 4.39 Å². The minimum absolute atomic E-state index is 0.309. The monoisotopic (exact) mass is 261 g/mol. The van der Waals surface area contributed by atoms with Gasteiger partial charge in [-0.2, -0.15) is 0 Å². The molecule has 1 aliphatic rings. The first-order valence-corrected chi connectivity index (χ1v) is 6.47. The van der Waals surface area contributed by atoms with Crippen LogP contribution in [-0.4, -0.2) is 20.2 Å². The Bertz CT molecular complexity index is 603. The van der Waals surface area contributed by atoms with Crippen molar-refractivity contribution in [3.05, 3.63) is 23.5 Å². The molecule has 1 fully saturated rings. The van der Waals surface area contributed by atoms with Gasteiger partial charge in [-0.1, -0.05) is 12.8 Å². The molecule has 5 nitrogen and oxygen atoms in total. The Balaban J connectivity index is 1.94. The van der Waals surface area contributed by atoms with E-state index in [2.05, 4.69) is 15.5 Å². The predicted molar refractivity (Wildman–Crippen MR) is 69.7 cm³/mol. The molecular formula is C13H16FN5. The number of hydrogen-bond donors (Lipinski definition) is 1. The van der Waals surface area contributed by atoms with E-state index < -0.39 is 0 Å². The van der Waals surface area contributed by atoms with Gasteiger partial charge >= 0.3 is 0 Å². The van der Waals surface area contributed by atoms with Crippen LogP contribution in [0.1, 0.15) is 24.8 Å². The van der Waals surface area contributed by atoms with Gasteiger partial charge in [-0.25, -0.2) is 9.07 Å². The molecule has 1 aromatic heterocycles. The summed E-state index contributed by atoms with van der Waals surface area (Å²) in [6.07, 6.45) is 3.60. The van der Waals surface area contributed by atoms with Crippen LogP contribution in [0.2, 0.25) is 0 Å². The molecule has 2 N–H and O–H groups in total. The van der Waals surface area contributed by atoms with Gasteiger partial charge in [-0.15, -0.1) is 5.10 Å². The van der Waals surface area contributed by atoms with Crippen LogP contribution >= 0.6 is 0 Å². The fourth-order valence-corrected chi connectivity index (χ4v) is 2.22. The zero-order chi connectivity index (χ0) is 13.4. The molecule has 0 unspecified atom stereocenters. The Labute approximate surface area is 110 Å². The quantitative estimate of drug-likeness (QED) is 0.856. The summed E-state index contributed by atoms with van der Waals surface area (Å²) in [5.41, 5.74) is 7.17. The van der Waals surface area contributed by atoms with Crippen LogP contribution in [0.5, 0.6) is 0 Å². The molecule has 0 atom stereocenters. The summed E-state index contributed by atoms with van der Waals surface area (Å²) in [5.74, 6) is 0.926. The summed E-state index contributed by atoms with van der Waals surface area (Å²) in [7, 11) is 0. The van der Waals surface area contributed by atoms with Gasteiger partial charge in [0.15, 0.2) is 5.82 Å². The lowest BCUT2D eigenvalue weighted by Gasteiger charge is -2.08. The third kappa shape index (κ3) is 2.43. The largest absolute Gasteiger partial charge is 0.399 e. The summed E-state index contributed by atoms with van der Waals surface area (Å²) in [6.45, 7) is 2.41. The average molecular weight is 261 g/mol. The topological polar surface area (TPSA) is 69.6 Å². The summed E-state index contributed by atoms with van der Waals surface area (Å²) < 4.78 is 15.8. The number of anilines is 1. The highest BCUT2D eigenvalue weighted by Crippen LogP contribution is 2.33. The van der Waals surface area contributed by atoms with Crippen LogP contribution in [0, 0.1) is 18.7 Å². The number of rotatable bonds is 4. The number of aryl methyl sites for hydroxylation is 2. The first-order valence-electron chi connectivity index (χ1n) is 6.47. The van der Waals surface area contributed by atoms with E-state index in [4.69, 9.17) is 5.73 Å². The van der Waals surface area contributed by atoms with Crippen molar-refractivity contribution in [3.8, 4) is 11.4 Å². The SMILES string of the molecule is Cc1cc(N)cc(-c2nnnn2CCC2CC2)c1F. The fraction of sp³-hybridized carbons (Fsp3) is 0.462. The number of halogens is 1. The molecule has 0 radical (unpaired) electrons. The van der Waals surface area contributed by atoms with Gasteiger partial charge in [-0.05, 0) is 47.4 Å². The van der Waals surface area contributed by atoms with E-state index in [-0.39, 0.29) is 5.82 Å². The summed E-state index contributed by atoms with van der Waals surface area (Å²) in [4.78, 5) is 0. The van der Waals surface area contributed by atoms with E-state index >= 15 is 0 Å². The molecule has 1 heterocycles. The third-order valence-electron chi connectivity index (χ3n) is 3.50. The molecule has 0 saturated heterocycles. The van der Waals surface area contributed by atoms with Gasteiger partial charge < -0.3 is 5.73 Å². The average Bonchev–Trinajstić information content (AvgIpc) is 3.09. The number of tetrazole rings is 1. The van der Waals surface area contributed by atoms with Crippen LogP contribution in [-0.2, 0) is 6.54 Å². The maximum absolute atomic E-state index is 14.2. The molecule has 3 rings (SSSR count). The Hall–Kier alpha value is -1.98. The Morgan fingerprint density at radius 3 is 2.95 bits per heavy atom. The maximum atomic E-state index is 14.2. The molecule has 1 aliphatic carbocycles. The maximum Gasteiger partial charge on any atom is 0.185 e. The minimum Gasteiger partial charge on any atom is -0.399 e. The Morgan fingerprint density at radius 2 is 2.21 bits per heavy atom. The lowest BCUT2D eigenvalue weighted by molar-refractivity contribution is 0.533. The summed E-state index contributed by atoms with van der Waals surface area (Å²) in [5, 5.41) is 11.5. The number of nitrogen functional groups attached to an aromatic ring is 1. The zero-order valence-electron chi connectivity index (χ0n) is 10.8. The number of nitrogens with two attached hydrogens (primary N) is 1. The smallest absolute Gasteiger partial charge is 0.185 e. The van der Waals surface area contributed by atoms with Gasteiger partial charge in [0, 0.05) is 12.2 Å². The van der Waals surface area contributed by atoms with E-state index in [0.29, 0.717) is 22.6 Å². The number of hydrogen-bond acceptors (Lipinski definition) is 4. The second kappa shape index (κ2) is 4.60. The van der Waals surface area contributed by atoms with E-state index in [0.717, 1.165) is 18.9 Å².